The minimum Gasteiger partial charge on any atom is -0.506 e. The Morgan fingerprint density at radius 3 is 2.17 bits per heavy atom. The van der Waals surface area contributed by atoms with Gasteiger partial charge in [-0.1, -0.05) is 24.3 Å². The predicted molar refractivity (Wildman–Crippen MR) is 65.4 cm³/mol. The summed E-state index contributed by atoms with van der Waals surface area (Å²) in [7, 11) is 0. The number of hydrogen-bond donors (Lipinski definition) is 1. The van der Waals surface area contributed by atoms with Crippen molar-refractivity contribution in [3.05, 3.63) is 58.6 Å². The molecule has 0 unspecified atom stereocenters. The molecule has 0 fully saturated rings. The molecule has 0 atom stereocenters. The van der Waals surface area contributed by atoms with Gasteiger partial charge in [-0.25, -0.2) is 0 Å². The van der Waals surface area contributed by atoms with Crippen molar-refractivity contribution in [3.63, 3.8) is 0 Å². The van der Waals surface area contributed by atoms with E-state index in [2.05, 4.69) is 10.2 Å². The first-order valence-electron chi connectivity index (χ1n) is 5.11. The van der Waals surface area contributed by atoms with Crippen LogP contribution in [0.15, 0.2) is 58.8 Å². The molecule has 0 aliphatic carbocycles. The summed E-state index contributed by atoms with van der Waals surface area (Å²) in [6.07, 6.45) is 0. The topological polar surface area (TPSA) is 88.1 Å². The first kappa shape index (κ1) is 11.7. The lowest BCUT2D eigenvalue weighted by Gasteiger charge is -1.97. The highest BCUT2D eigenvalue weighted by atomic mass is 16.6. The van der Waals surface area contributed by atoms with Crippen molar-refractivity contribution < 1.29 is 10.0 Å². The Bertz CT molecular complexity index is 611. The van der Waals surface area contributed by atoms with Gasteiger partial charge in [-0.15, -0.1) is 10.2 Å². The molecular weight excluding hydrogens is 234 g/mol. The first-order valence-corrected chi connectivity index (χ1v) is 5.11. The standard InChI is InChI=1S/C12H9N3O3/c16-12-8-4-2-6-10(12)14-13-9-5-1-3-7-11(9)15(17)18/h1-8,16H/b14-13-. The van der Waals surface area contributed by atoms with Crippen molar-refractivity contribution in [1.82, 2.24) is 0 Å². The van der Waals surface area contributed by atoms with E-state index in [1.54, 1.807) is 30.3 Å². The van der Waals surface area contributed by atoms with Gasteiger partial charge >= 0.3 is 0 Å². The Hall–Kier alpha value is -2.76. The van der Waals surface area contributed by atoms with Crippen LogP contribution in [-0.2, 0) is 0 Å². The molecule has 6 nitrogen and oxygen atoms in total. The van der Waals surface area contributed by atoms with Crippen LogP contribution in [0.3, 0.4) is 0 Å². The van der Waals surface area contributed by atoms with E-state index in [-0.39, 0.29) is 22.8 Å². The fourth-order valence-corrected chi connectivity index (χ4v) is 1.36. The predicted octanol–water partition coefficient (Wildman–Crippen LogP) is 3.72. The minimum absolute atomic E-state index is 0.0279. The van der Waals surface area contributed by atoms with Crippen molar-refractivity contribution in [1.29, 1.82) is 0 Å². The van der Waals surface area contributed by atoms with E-state index in [0.717, 1.165) is 0 Å². The van der Waals surface area contributed by atoms with Crippen molar-refractivity contribution >= 4 is 17.1 Å². The van der Waals surface area contributed by atoms with E-state index in [4.69, 9.17) is 0 Å². The van der Waals surface area contributed by atoms with Crippen LogP contribution >= 0.6 is 0 Å². The third-order valence-corrected chi connectivity index (χ3v) is 2.23. The molecule has 0 saturated heterocycles. The van der Waals surface area contributed by atoms with E-state index in [9.17, 15) is 15.2 Å². The SMILES string of the molecule is O=[N+]([O-])c1ccccc1/N=N\c1ccccc1O. The third kappa shape index (κ3) is 2.49. The lowest BCUT2D eigenvalue weighted by atomic mass is 10.3. The summed E-state index contributed by atoms with van der Waals surface area (Å²) in [5.41, 5.74) is 0.276. The molecular formula is C12H9N3O3. The van der Waals surface area contributed by atoms with Gasteiger partial charge in [0.25, 0.3) is 5.69 Å². The van der Waals surface area contributed by atoms with Crippen LogP contribution in [-0.4, -0.2) is 10.0 Å². The van der Waals surface area contributed by atoms with Gasteiger partial charge in [0.15, 0.2) is 5.69 Å². The number of phenolic OH excluding ortho intramolecular Hbond substituents is 1. The van der Waals surface area contributed by atoms with Crippen LogP contribution in [0.4, 0.5) is 17.1 Å². The maximum Gasteiger partial charge on any atom is 0.296 e. The first-order chi connectivity index (χ1) is 8.68. The Kier molecular flexibility index (Phi) is 3.29. The van der Waals surface area contributed by atoms with Crippen LogP contribution < -0.4 is 0 Å². The van der Waals surface area contributed by atoms with Gasteiger partial charge < -0.3 is 5.11 Å². The van der Waals surface area contributed by atoms with Gasteiger partial charge in [0.1, 0.15) is 11.4 Å². The van der Waals surface area contributed by atoms with Gasteiger partial charge in [-0.3, -0.25) is 10.1 Å². The van der Waals surface area contributed by atoms with Crippen molar-refractivity contribution in [2.24, 2.45) is 10.2 Å². The zero-order valence-electron chi connectivity index (χ0n) is 9.22. The summed E-state index contributed by atoms with van der Waals surface area (Å²) in [5.74, 6) is -0.0279. The Labute approximate surface area is 102 Å². The second kappa shape index (κ2) is 5.05. The zero-order chi connectivity index (χ0) is 13.0. The van der Waals surface area contributed by atoms with Gasteiger partial charge in [0.05, 0.1) is 4.92 Å². The zero-order valence-corrected chi connectivity index (χ0v) is 9.22. The molecule has 0 heterocycles. The van der Waals surface area contributed by atoms with Crippen LogP contribution in [0.1, 0.15) is 0 Å². The number of nitro benzene ring substituents is 1. The lowest BCUT2D eigenvalue weighted by molar-refractivity contribution is -0.384. The molecule has 0 aliphatic rings. The molecule has 0 radical (unpaired) electrons. The van der Waals surface area contributed by atoms with Gasteiger partial charge in [-0.05, 0) is 18.2 Å². The fourth-order valence-electron chi connectivity index (χ4n) is 1.36. The summed E-state index contributed by atoms with van der Waals surface area (Å²) in [6, 6.07) is 12.4. The van der Waals surface area contributed by atoms with E-state index in [1.807, 2.05) is 0 Å². The van der Waals surface area contributed by atoms with Crippen molar-refractivity contribution in [3.8, 4) is 5.75 Å². The lowest BCUT2D eigenvalue weighted by Crippen LogP contribution is -1.86. The van der Waals surface area contributed by atoms with E-state index < -0.39 is 4.92 Å². The molecule has 0 aliphatic heterocycles. The Balaban J connectivity index is 2.35. The number of nitrogens with zero attached hydrogens (tertiary/aromatic N) is 3. The molecule has 1 N–H and O–H groups in total. The molecule has 0 spiro atoms. The number of aromatic hydroxyl groups is 1. The average molecular weight is 243 g/mol. The van der Waals surface area contributed by atoms with Gasteiger partial charge in [-0.2, -0.15) is 0 Å². The summed E-state index contributed by atoms with van der Waals surface area (Å²) in [6.45, 7) is 0. The highest BCUT2D eigenvalue weighted by Gasteiger charge is 2.11. The molecule has 0 aromatic heterocycles. The highest BCUT2D eigenvalue weighted by molar-refractivity contribution is 5.57. The molecule has 90 valence electrons. The molecule has 6 heteroatoms. The number of para-hydroxylation sites is 2. The van der Waals surface area contributed by atoms with E-state index in [0.29, 0.717) is 0 Å². The molecule has 0 bridgehead atoms. The van der Waals surface area contributed by atoms with E-state index >= 15 is 0 Å². The molecule has 0 saturated carbocycles. The fraction of sp³-hybridized carbons (Fsp3) is 0. The molecule has 2 rings (SSSR count). The summed E-state index contributed by atoms with van der Waals surface area (Å²) in [5, 5.41) is 27.8. The monoisotopic (exact) mass is 243 g/mol. The summed E-state index contributed by atoms with van der Waals surface area (Å²) < 4.78 is 0. The average Bonchev–Trinajstić information content (AvgIpc) is 2.38. The normalized spacial score (nSPS) is 10.7. The summed E-state index contributed by atoms with van der Waals surface area (Å²) >= 11 is 0. The van der Waals surface area contributed by atoms with Gasteiger partial charge in [0, 0.05) is 6.07 Å². The van der Waals surface area contributed by atoms with Gasteiger partial charge in [0.2, 0.25) is 0 Å². The van der Waals surface area contributed by atoms with Crippen LogP contribution in [0.5, 0.6) is 5.75 Å². The number of rotatable bonds is 3. The number of nitro groups is 1. The Morgan fingerprint density at radius 1 is 0.944 bits per heavy atom. The maximum absolute atomic E-state index is 10.8. The Morgan fingerprint density at radius 2 is 1.50 bits per heavy atom. The number of hydrogen-bond acceptors (Lipinski definition) is 5. The largest absolute Gasteiger partial charge is 0.506 e. The molecule has 0 amide bonds. The van der Waals surface area contributed by atoms with Crippen molar-refractivity contribution in [2.45, 2.75) is 0 Å². The van der Waals surface area contributed by atoms with Crippen molar-refractivity contribution in [2.75, 3.05) is 0 Å². The second-order valence-corrected chi connectivity index (χ2v) is 3.43. The van der Waals surface area contributed by atoms with E-state index in [1.165, 1.54) is 18.2 Å². The minimum atomic E-state index is -0.529. The highest BCUT2D eigenvalue weighted by Crippen LogP contribution is 2.31. The molecule has 2 aromatic rings. The van der Waals surface area contributed by atoms with Crippen LogP contribution in [0.2, 0.25) is 0 Å². The number of benzene rings is 2. The van der Waals surface area contributed by atoms with Crippen LogP contribution in [0, 0.1) is 10.1 Å². The summed E-state index contributed by atoms with van der Waals surface area (Å²) in [4.78, 5) is 10.2. The number of azo groups is 1. The maximum atomic E-state index is 10.8. The quantitative estimate of drug-likeness (QED) is 0.506. The molecule has 2 aromatic carbocycles. The smallest absolute Gasteiger partial charge is 0.296 e. The van der Waals surface area contributed by atoms with Crippen LogP contribution in [0.25, 0.3) is 0 Å². The number of phenols is 1. The third-order valence-electron chi connectivity index (χ3n) is 2.23. The second-order valence-electron chi connectivity index (χ2n) is 3.43. The molecule has 18 heavy (non-hydrogen) atoms.